The summed E-state index contributed by atoms with van der Waals surface area (Å²) in [5.41, 5.74) is 14.8. The highest BCUT2D eigenvalue weighted by molar-refractivity contribution is 5.99. The second-order valence-electron chi connectivity index (χ2n) is 3.21. The van der Waals surface area contributed by atoms with E-state index in [1.165, 1.54) is 5.56 Å². The smallest absolute Gasteiger partial charge is 0.125 e. The van der Waals surface area contributed by atoms with Gasteiger partial charge in [-0.2, -0.15) is 0 Å². The fourth-order valence-corrected chi connectivity index (χ4v) is 1.61. The predicted octanol–water partition coefficient (Wildman–Crippen LogP) is 0.407. The van der Waals surface area contributed by atoms with Crippen LogP contribution in [0.4, 0.5) is 0 Å². The van der Waals surface area contributed by atoms with Crippen LogP contribution in [0.2, 0.25) is 0 Å². The summed E-state index contributed by atoms with van der Waals surface area (Å²) < 4.78 is 0. The summed E-state index contributed by atoms with van der Waals surface area (Å²) in [6.45, 7) is 1.39. The predicted molar refractivity (Wildman–Crippen MR) is 53.6 cm³/mol. The quantitative estimate of drug-likeness (QED) is 0.649. The molecule has 4 N–H and O–H groups in total. The van der Waals surface area contributed by atoms with Gasteiger partial charge < -0.3 is 11.5 Å². The maximum absolute atomic E-state index is 5.76. The number of benzene rings is 1. The maximum atomic E-state index is 5.76. The third kappa shape index (κ3) is 1.42. The van der Waals surface area contributed by atoms with E-state index in [-0.39, 0.29) is 0 Å². The number of nitrogens with zero attached hydrogens (tertiary/aromatic N) is 1. The van der Waals surface area contributed by atoms with Crippen molar-refractivity contribution in [1.82, 2.24) is 0 Å². The third-order valence-electron chi connectivity index (χ3n) is 2.34. The van der Waals surface area contributed by atoms with Gasteiger partial charge in [-0.15, -0.1) is 0 Å². The van der Waals surface area contributed by atoms with Crippen molar-refractivity contribution in [3.05, 3.63) is 34.9 Å². The van der Waals surface area contributed by atoms with Gasteiger partial charge in [0, 0.05) is 18.7 Å². The van der Waals surface area contributed by atoms with E-state index in [0.29, 0.717) is 12.4 Å². The molecule has 0 aliphatic carbocycles. The van der Waals surface area contributed by atoms with Crippen LogP contribution in [0.1, 0.15) is 16.7 Å². The molecule has 0 radical (unpaired) electrons. The fourth-order valence-electron chi connectivity index (χ4n) is 1.61. The molecule has 0 saturated heterocycles. The maximum Gasteiger partial charge on any atom is 0.125 e. The summed E-state index contributed by atoms with van der Waals surface area (Å²) in [6, 6.07) is 6.14. The Bertz CT molecular complexity index is 355. The first kappa shape index (κ1) is 8.26. The van der Waals surface area contributed by atoms with E-state index in [4.69, 9.17) is 11.5 Å². The summed E-state index contributed by atoms with van der Waals surface area (Å²) in [5.74, 6) is 0.657. The van der Waals surface area contributed by atoms with Crippen LogP contribution in [0.5, 0.6) is 0 Å². The number of fused-ring (bicyclic) bond motifs is 1. The number of amidine groups is 1. The SMILES string of the molecule is NCc1ccc2c(c1)CCN=C2N. The molecule has 0 saturated carbocycles. The van der Waals surface area contributed by atoms with Crippen LogP contribution < -0.4 is 11.5 Å². The Balaban J connectivity index is 2.48. The normalized spacial score (nSPS) is 15.0. The average Bonchev–Trinajstić information content (AvgIpc) is 2.18. The zero-order valence-electron chi connectivity index (χ0n) is 7.46. The van der Waals surface area contributed by atoms with Gasteiger partial charge in [0.05, 0.1) is 0 Å². The van der Waals surface area contributed by atoms with Crippen LogP contribution in [0, 0.1) is 0 Å². The Labute approximate surface area is 77.5 Å². The van der Waals surface area contributed by atoms with Gasteiger partial charge in [0.2, 0.25) is 0 Å². The molecule has 3 heteroatoms. The van der Waals surface area contributed by atoms with E-state index in [0.717, 1.165) is 24.1 Å². The zero-order valence-corrected chi connectivity index (χ0v) is 7.46. The zero-order chi connectivity index (χ0) is 9.26. The summed E-state index contributed by atoms with van der Waals surface area (Å²) in [6.07, 6.45) is 0.976. The van der Waals surface area contributed by atoms with Gasteiger partial charge in [0.1, 0.15) is 5.84 Å². The van der Waals surface area contributed by atoms with Crippen molar-refractivity contribution in [2.75, 3.05) is 6.54 Å². The van der Waals surface area contributed by atoms with Crippen LogP contribution in [0.3, 0.4) is 0 Å². The number of rotatable bonds is 1. The minimum atomic E-state index is 0.588. The molecule has 1 heterocycles. The van der Waals surface area contributed by atoms with Crippen LogP contribution in [-0.2, 0) is 13.0 Å². The second-order valence-corrected chi connectivity index (χ2v) is 3.21. The highest BCUT2D eigenvalue weighted by Gasteiger charge is 2.10. The number of hydrogen-bond donors (Lipinski definition) is 2. The number of aliphatic imine (C=N–C) groups is 1. The highest BCUT2D eigenvalue weighted by atomic mass is 14.9. The van der Waals surface area contributed by atoms with Crippen molar-refractivity contribution in [1.29, 1.82) is 0 Å². The van der Waals surface area contributed by atoms with E-state index in [1.54, 1.807) is 0 Å². The Morgan fingerprint density at radius 1 is 1.38 bits per heavy atom. The lowest BCUT2D eigenvalue weighted by molar-refractivity contribution is 0.930. The van der Waals surface area contributed by atoms with Gasteiger partial charge >= 0.3 is 0 Å². The molecule has 0 atom stereocenters. The van der Waals surface area contributed by atoms with Crippen LogP contribution >= 0.6 is 0 Å². The first-order valence-corrected chi connectivity index (χ1v) is 4.43. The lowest BCUT2D eigenvalue weighted by Gasteiger charge is -2.14. The van der Waals surface area contributed by atoms with Gasteiger partial charge in [-0.3, -0.25) is 4.99 Å². The van der Waals surface area contributed by atoms with Crippen molar-refractivity contribution >= 4 is 5.84 Å². The summed E-state index contributed by atoms with van der Waals surface area (Å²) >= 11 is 0. The molecule has 1 aromatic rings. The van der Waals surface area contributed by atoms with Gasteiger partial charge in [0.25, 0.3) is 0 Å². The van der Waals surface area contributed by atoms with Gasteiger partial charge in [0.15, 0.2) is 0 Å². The molecule has 68 valence electrons. The molecule has 0 spiro atoms. The standard InChI is InChI=1S/C10H13N3/c11-6-7-1-2-9-8(5-7)3-4-13-10(9)12/h1-2,5H,3-4,6,11H2,(H2,12,13). The van der Waals surface area contributed by atoms with Crippen LogP contribution in [0.25, 0.3) is 0 Å². The van der Waals surface area contributed by atoms with Crippen molar-refractivity contribution < 1.29 is 0 Å². The van der Waals surface area contributed by atoms with E-state index < -0.39 is 0 Å². The molecular weight excluding hydrogens is 162 g/mol. The Morgan fingerprint density at radius 2 is 2.23 bits per heavy atom. The Hall–Kier alpha value is -1.35. The molecular formula is C10H13N3. The van der Waals surface area contributed by atoms with Gasteiger partial charge in [-0.1, -0.05) is 18.2 Å². The molecule has 0 aromatic heterocycles. The lowest BCUT2D eigenvalue weighted by atomic mass is 9.98. The molecule has 0 bridgehead atoms. The third-order valence-corrected chi connectivity index (χ3v) is 2.34. The van der Waals surface area contributed by atoms with Crippen LogP contribution in [-0.4, -0.2) is 12.4 Å². The van der Waals surface area contributed by atoms with E-state index in [2.05, 4.69) is 11.1 Å². The first-order chi connectivity index (χ1) is 6.31. The van der Waals surface area contributed by atoms with Crippen molar-refractivity contribution in [2.45, 2.75) is 13.0 Å². The van der Waals surface area contributed by atoms with E-state index >= 15 is 0 Å². The molecule has 1 aromatic carbocycles. The van der Waals surface area contributed by atoms with Crippen molar-refractivity contribution in [3.63, 3.8) is 0 Å². The minimum absolute atomic E-state index is 0.588. The molecule has 0 unspecified atom stereocenters. The van der Waals surface area contributed by atoms with Crippen molar-refractivity contribution in [2.24, 2.45) is 16.5 Å². The van der Waals surface area contributed by atoms with Gasteiger partial charge in [-0.05, 0) is 17.5 Å². The van der Waals surface area contributed by atoms with E-state index in [9.17, 15) is 0 Å². The molecule has 1 aliphatic heterocycles. The fraction of sp³-hybridized carbons (Fsp3) is 0.300. The highest BCUT2D eigenvalue weighted by Crippen LogP contribution is 2.16. The molecule has 0 fully saturated rings. The van der Waals surface area contributed by atoms with E-state index in [1.807, 2.05) is 12.1 Å². The number of hydrogen-bond acceptors (Lipinski definition) is 3. The largest absolute Gasteiger partial charge is 0.383 e. The van der Waals surface area contributed by atoms with Gasteiger partial charge in [-0.25, -0.2) is 0 Å². The monoisotopic (exact) mass is 175 g/mol. The number of nitrogens with two attached hydrogens (primary N) is 2. The minimum Gasteiger partial charge on any atom is -0.383 e. The first-order valence-electron chi connectivity index (χ1n) is 4.43. The van der Waals surface area contributed by atoms with Crippen molar-refractivity contribution in [3.8, 4) is 0 Å². The summed E-state index contributed by atoms with van der Waals surface area (Å²) in [7, 11) is 0. The molecule has 0 amide bonds. The summed E-state index contributed by atoms with van der Waals surface area (Å²) in [5, 5.41) is 0. The van der Waals surface area contributed by atoms with Crippen LogP contribution in [0.15, 0.2) is 23.2 Å². The molecule has 3 nitrogen and oxygen atoms in total. The second kappa shape index (κ2) is 3.18. The Morgan fingerprint density at radius 3 is 3.00 bits per heavy atom. The molecule has 1 aliphatic rings. The lowest BCUT2D eigenvalue weighted by Crippen LogP contribution is -2.21. The Kier molecular flexibility index (Phi) is 2.02. The molecule has 2 rings (SSSR count). The summed E-state index contributed by atoms with van der Waals surface area (Å²) in [4.78, 5) is 4.19. The molecule has 13 heavy (non-hydrogen) atoms. The average molecular weight is 175 g/mol. The topological polar surface area (TPSA) is 64.4 Å².